The van der Waals surface area contributed by atoms with Crippen molar-refractivity contribution in [3.8, 4) is 11.1 Å². The molecular weight excluding hydrogens is 438 g/mol. The van der Waals surface area contributed by atoms with Crippen LogP contribution in [0.15, 0.2) is 83.8 Å². The fraction of sp³-hybridized carbons (Fsp3) is 0.0769. The number of aromatic nitrogens is 2. The zero-order valence-electron chi connectivity index (χ0n) is 17.5. The monoisotopic (exact) mass is 457 g/mol. The van der Waals surface area contributed by atoms with Crippen LogP contribution in [0.25, 0.3) is 32.9 Å². The van der Waals surface area contributed by atoms with Gasteiger partial charge in [-0.05, 0) is 47.3 Å². The largest absolute Gasteiger partial charge is 0.449 e. The third-order valence-electron chi connectivity index (χ3n) is 5.51. The smallest absolute Gasteiger partial charge is 0.411 e. The molecule has 0 saturated carbocycles. The molecule has 0 fully saturated rings. The van der Waals surface area contributed by atoms with Gasteiger partial charge >= 0.3 is 6.09 Å². The van der Waals surface area contributed by atoms with Crippen LogP contribution in [0.4, 0.5) is 10.5 Å². The van der Waals surface area contributed by atoms with Crippen LogP contribution in [0.1, 0.15) is 5.56 Å². The molecule has 0 bridgehead atoms. The summed E-state index contributed by atoms with van der Waals surface area (Å²) >= 11 is 5.88. The summed E-state index contributed by atoms with van der Waals surface area (Å²) in [6.07, 6.45) is 1.88. The number of halogens is 1. The Kier molecular flexibility index (Phi) is 5.59. The van der Waals surface area contributed by atoms with Gasteiger partial charge in [-0.1, -0.05) is 48.0 Å². The molecule has 0 atom stereocenters. The van der Waals surface area contributed by atoms with E-state index in [-0.39, 0.29) is 12.2 Å². The topological polar surface area (TPSA) is 87.0 Å². The van der Waals surface area contributed by atoms with Crippen LogP contribution in [0, 0.1) is 0 Å². The molecule has 2 aromatic heterocycles. The lowest BCUT2D eigenvalue weighted by molar-refractivity contribution is 0.163. The van der Waals surface area contributed by atoms with E-state index in [9.17, 15) is 9.59 Å². The number of amides is 1. The zero-order valence-corrected chi connectivity index (χ0v) is 18.3. The quantitative estimate of drug-likeness (QED) is 0.297. The Labute approximate surface area is 194 Å². The molecule has 2 heterocycles. The van der Waals surface area contributed by atoms with Crippen molar-refractivity contribution in [1.29, 1.82) is 0 Å². The van der Waals surface area contributed by atoms with Crippen molar-refractivity contribution < 1.29 is 9.53 Å². The van der Waals surface area contributed by atoms with Gasteiger partial charge in [0.05, 0.1) is 12.1 Å². The van der Waals surface area contributed by atoms with Crippen LogP contribution < -0.4 is 10.9 Å². The van der Waals surface area contributed by atoms with Crippen molar-refractivity contribution >= 4 is 45.2 Å². The SMILES string of the molecule is O=C(Nc1ccc2cc(-c3c[nH]c4ccccc34)c(=O)[nH]c2c1)OCCc1ccc(Cl)cc1. The molecule has 0 aliphatic heterocycles. The number of hydrogen-bond acceptors (Lipinski definition) is 3. The van der Waals surface area contributed by atoms with Gasteiger partial charge in [-0.2, -0.15) is 0 Å². The number of benzene rings is 3. The standard InChI is InChI=1S/C26H20ClN3O3/c27-18-8-5-16(6-9-18)11-12-33-26(32)29-19-10-7-17-13-21(25(31)30-24(17)14-19)22-15-28-23-4-2-1-3-20(22)23/h1-10,13-15,28H,11-12H2,(H,29,32)(H,30,31). The number of carbonyl (C=O) groups is 1. The average Bonchev–Trinajstić information content (AvgIpc) is 3.24. The molecule has 3 N–H and O–H groups in total. The number of pyridine rings is 1. The van der Waals surface area contributed by atoms with Crippen LogP contribution in [0.5, 0.6) is 0 Å². The van der Waals surface area contributed by atoms with Gasteiger partial charge in [0.15, 0.2) is 0 Å². The fourth-order valence-electron chi connectivity index (χ4n) is 3.84. The molecule has 6 nitrogen and oxygen atoms in total. The highest BCUT2D eigenvalue weighted by Gasteiger charge is 2.12. The second-order valence-electron chi connectivity index (χ2n) is 7.70. The van der Waals surface area contributed by atoms with Crippen molar-refractivity contribution in [3.05, 3.63) is 99.9 Å². The van der Waals surface area contributed by atoms with Crippen molar-refractivity contribution in [1.82, 2.24) is 9.97 Å². The van der Waals surface area contributed by atoms with Crippen LogP contribution in [0.3, 0.4) is 0 Å². The van der Waals surface area contributed by atoms with E-state index in [1.165, 1.54) is 0 Å². The third-order valence-corrected chi connectivity index (χ3v) is 5.76. The Morgan fingerprint density at radius 3 is 2.61 bits per heavy atom. The summed E-state index contributed by atoms with van der Waals surface area (Å²) in [5.41, 5.74) is 4.40. The lowest BCUT2D eigenvalue weighted by Crippen LogP contribution is -2.15. The maximum Gasteiger partial charge on any atom is 0.411 e. The number of H-pyrrole nitrogens is 2. The summed E-state index contributed by atoms with van der Waals surface area (Å²) in [7, 11) is 0. The highest BCUT2D eigenvalue weighted by molar-refractivity contribution is 6.30. The van der Waals surface area contributed by atoms with Gasteiger partial charge in [-0.25, -0.2) is 4.79 Å². The molecule has 0 spiro atoms. The molecule has 0 aliphatic carbocycles. The normalized spacial score (nSPS) is 11.1. The van der Waals surface area contributed by atoms with Gasteiger partial charge in [-0.3, -0.25) is 10.1 Å². The lowest BCUT2D eigenvalue weighted by atomic mass is 10.0. The van der Waals surface area contributed by atoms with Crippen LogP contribution in [0.2, 0.25) is 5.02 Å². The van der Waals surface area contributed by atoms with Gasteiger partial charge in [0.1, 0.15) is 0 Å². The highest BCUT2D eigenvalue weighted by atomic mass is 35.5. The summed E-state index contributed by atoms with van der Waals surface area (Å²) in [5.74, 6) is 0. The Bertz CT molecular complexity index is 1520. The molecule has 0 unspecified atom stereocenters. The Balaban J connectivity index is 1.30. The van der Waals surface area contributed by atoms with E-state index in [1.807, 2.05) is 54.7 Å². The molecule has 33 heavy (non-hydrogen) atoms. The van der Waals surface area contributed by atoms with Gasteiger partial charge in [-0.15, -0.1) is 0 Å². The minimum absolute atomic E-state index is 0.199. The number of anilines is 1. The van der Waals surface area contributed by atoms with E-state index in [0.717, 1.165) is 27.4 Å². The number of rotatable bonds is 5. The maximum atomic E-state index is 12.8. The minimum atomic E-state index is -0.555. The molecule has 0 saturated heterocycles. The Morgan fingerprint density at radius 1 is 0.939 bits per heavy atom. The van der Waals surface area contributed by atoms with E-state index in [0.29, 0.717) is 28.2 Å². The number of aromatic amines is 2. The second kappa shape index (κ2) is 8.84. The summed E-state index contributed by atoms with van der Waals surface area (Å²) in [4.78, 5) is 31.1. The molecule has 5 rings (SSSR count). The van der Waals surface area contributed by atoms with E-state index < -0.39 is 6.09 Å². The number of hydrogen-bond donors (Lipinski definition) is 3. The first-order valence-corrected chi connectivity index (χ1v) is 10.9. The van der Waals surface area contributed by atoms with Crippen molar-refractivity contribution in [3.63, 3.8) is 0 Å². The van der Waals surface area contributed by atoms with Crippen LogP contribution in [-0.4, -0.2) is 22.7 Å². The van der Waals surface area contributed by atoms with E-state index in [1.54, 1.807) is 24.3 Å². The van der Waals surface area contributed by atoms with Gasteiger partial charge < -0.3 is 14.7 Å². The first kappa shape index (κ1) is 20.8. The molecular formula is C26H20ClN3O3. The van der Waals surface area contributed by atoms with E-state index in [2.05, 4.69) is 15.3 Å². The lowest BCUT2D eigenvalue weighted by Gasteiger charge is -2.09. The summed E-state index contributed by atoms with van der Waals surface area (Å²) < 4.78 is 5.27. The van der Waals surface area contributed by atoms with E-state index >= 15 is 0 Å². The summed E-state index contributed by atoms with van der Waals surface area (Å²) in [6, 6.07) is 22.5. The average molecular weight is 458 g/mol. The maximum absolute atomic E-state index is 12.8. The number of nitrogens with one attached hydrogen (secondary N) is 3. The molecule has 0 radical (unpaired) electrons. The van der Waals surface area contributed by atoms with Crippen molar-refractivity contribution in [2.75, 3.05) is 11.9 Å². The molecule has 5 aromatic rings. The molecule has 3 aromatic carbocycles. The minimum Gasteiger partial charge on any atom is -0.449 e. The number of carbonyl (C=O) groups excluding carboxylic acids is 1. The number of fused-ring (bicyclic) bond motifs is 2. The van der Waals surface area contributed by atoms with Crippen LogP contribution >= 0.6 is 11.6 Å². The number of para-hydroxylation sites is 1. The molecule has 7 heteroatoms. The summed E-state index contributed by atoms with van der Waals surface area (Å²) in [5, 5.41) is 5.22. The molecule has 0 aliphatic rings. The first-order valence-electron chi connectivity index (χ1n) is 10.5. The predicted molar refractivity (Wildman–Crippen MR) is 132 cm³/mol. The second-order valence-corrected chi connectivity index (χ2v) is 8.14. The molecule has 1 amide bonds. The van der Waals surface area contributed by atoms with Gasteiger partial charge in [0.25, 0.3) is 5.56 Å². The van der Waals surface area contributed by atoms with Gasteiger partial charge in [0, 0.05) is 45.4 Å². The summed E-state index contributed by atoms with van der Waals surface area (Å²) in [6.45, 7) is 0.242. The first-order chi connectivity index (χ1) is 16.1. The van der Waals surface area contributed by atoms with Crippen molar-refractivity contribution in [2.24, 2.45) is 0 Å². The Morgan fingerprint density at radius 2 is 1.76 bits per heavy atom. The Hall–Kier alpha value is -4.03. The fourth-order valence-corrected chi connectivity index (χ4v) is 3.97. The van der Waals surface area contributed by atoms with Gasteiger partial charge in [0.2, 0.25) is 0 Å². The number of ether oxygens (including phenoxy) is 1. The van der Waals surface area contributed by atoms with Crippen LogP contribution in [-0.2, 0) is 11.2 Å². The predicted octanol–water partition coefficient (Wildman–Crippen LogP) is 6.12. The van der Waals surface area contributed by atoms with Crippen molar-refractivity contribution in [2.45, 2.75) is 6.42 Å². The zero-order chi connectivity index (χ0) is 22.8. The highest BCUT2D eigenvalue weighted by Crippen LogP contribution is 2.28. The third kappa shape index (κ3) is 4.47. The molecule has 164 valence electrons. The van der Waals surface area contributed by atoms with E-state index in [4.69, 9.17) is 16.3 Å².